The summed E-state index contributed by atoms with van der Waals surface area (Å²) in [5.41, 5.74) is 0.216. The van der Waals surface area contributed by atoms with Crippen LogP contribution >= 0.6 is 0 Å². The van der Waals surface area contributed by atoms with E-state index in [0.717, 1.165) is 12.8 Å². The van der Waals surface area contributed by atoms with E-state index in [4.69, 9.17) is 5.26 Å². The standard InChI is InChI=1S/C14H18N2O2S/c1-11-7-8-12(2)16(10-11)19(17,18)14-6-4-3-5-13(14)9-15/h3-6,11-12H,7-8,10H2,1-2H3. The second-order valence-electron chi connectivity index (χ2n) is 5.21. The van der Waals surface area contributed by atoms with Gasteiger partial charge in [0.25, 0.3) is 0 Å². The number of rotatable bonds is 2. The number of sulfonamides is 1. The van der Waals surface area contributed by atoms with Crippen molar-refractivity contribution in [3.05, 3.63) is 29.8 Å². The van der Waals surface area contributed by atoms with Gasteiger partial charge in [-0.25, -0.2) is 8.42 Å². The summed E-state index contributed by atoms with van der Waals surface area (Å²) in [4.78, 5) is 0.124. The van der Waals surface area contributed by atoms with Crippen LogP contribution in [-0.4, -0.2) is 25.3 Å². The molecule has 0 N–H and O–H groups in total. The third kappa shape index (κ3) is 2.65. The van der Waals surface area contributed by atoms with Crippen molar-refractivity contribution in [1.82, 2.24) is 4.31 Å². The van der Waals surface area contributed by atoms with Crippen LogP contribution in [0.4, 0.5) is 0 Å². The Morgan fingerprint density at radius 3 is 2.63 bits per heavy atom. The zero-order chi connectivity index (χ0) is 14.0. The molecule has 0 amide bonds. The molecule has 1 aromatic carbocycles. The van der Waals surface area contributed by atoms with Crippen LogP contribution < -0.4 is 0 Å². The fourth-order valence-electron chi connectivity index (χ4n) is 2.49. The summed E-state index contributed by atoms with van der Waals surface area (Å²) in [6.45, 7) is 4.52. The van der Waals surface area contributed by atoms with E-state index in [2.05, 4.69) is 6.92 Å². The lowest BCUT2D eigenvalue weighted by molar-refractivity contribution is 0.218. The van der Waals surface area contributed by atoms with Crippen molar-refractivity contribution in [2.24, 2.45) is 5.92 Å². The van der Waals surface area contributed by atoms with Crippen LogP contribution in [0.2, 0.25) is 0 Å². The number of piperidine rings is 1. The Kier molecular flexibility index (Phi) is 3.93. The molecule has 0 saturated carbocycles. The highest BCUT2D eigenvalue weighted by Gasteiger charge is 2.34. The van der Waals surface area contributed by atoms with E-state index in [1.54, 1.807) is 18.2 Å². The van der Waals surface area contributed by atoms with Crippen molar-refractivity contribution < 1.29 is 8.42 Å². The van der Waals surface area contributed by atoms with Gasteiger partial charge in [-0.15, -0.1) is 0 Å². The van der Waals surface area contributed by atoms with E-state index < -0.39 is 10.0 Å². The first-order chi connectivity index (χ1) is 8.96. The number of hydrogen-bond acceptors (Lipinski definition) is 3. The van der Waals surface area contributed by atoms with Crippen molar-refractivity contribution in [1.29, 1.82) is 5.26 Å². The first kappa shape index (κ1) is 14.0. The summed E-state index contributed by atoms with van der Waals surface area (Å²) >= 11 is 0. The molecule has 0 radical (unpaired) electrons. The SMILES string of the molecule is CC1CCC(C)N(S(=O)(=O)c2ccccc2C#N)C1. The Morgan fingerprint density at radius 1 is 1.26 bits per heavy atom. The van der Waals surface area contributed by atoms with Crippen molar-refractivity contribution in [3.8, 4) is 6.07 Å². The lowest BCUT2D eigenvalue weighted by Crippen LogP contribution is -2.44. The number of nitrogens with zero attached hydrogens (tertiary/aromatic N) is 2. The van der Waals surface area contributed by atoms with Crippen molar-refractivity contribution in [2.75, 3.05) is 6.54 Å². The van der Waals surface area contributed by atoms with Crippen molar-refractivity contribution in [3.63, 3.8) is 0 Å². The quantitative estimate of drug-likeness (QED) is 0.834. The van der Waals surface area contributed by atoms with Gasteiger partial charge in [0.15, 0.2) is 0 Å². The van der Waals surface area contributed by atoms with Crippen LogP contribution in [0.1, 0.15) is 32.3 Å². The zero-order valence-electron chi connectivity index (χ0n) is 11.2. The molecule has 2 atom stereocenters. The average molecular weight is 278 g/mol. The molecular weight excluding hydrogens is 260 g/mol. The van der Waals surface area contributed by atoms with E-state index in [0.29, 0.717) is 12.5 Å². The minimum Gasteiger partial charge on any atom is -0.207 e. The van der Waals surface area contributed by atoms with Crippen LogP contribution in [0.15, 0.2) is 29.2 Å². The highest BCUT2D eigenvalue weighted by Crippen LogP contribution is 2.29. The van der Waals surface area contributed by atoms with E-state index in [-0.39, 0.29) is 16.5 Å². The molecule has 1 saturated heterocycles. The second-order valence-corrected chi connectivity index (χ2v) is 7.07. The molecule has 19 heavy (non-hydrogen) atoms. The van der Waals surface area contributed by atoms with Gasteiger partial charge in [-0.1, -0.05) is 19.1 Å². The molecule has 0 spiro atoms. The van der Waals surface area contributed by atoms with Gasteiger partial charge in [0.1, 0.15) is 6.07 Å². The highest BCUT2D eigenvalue weighted by molar-refractivity contribution is 7.89. The zero-order valence-corrected chi connectivity index (χ0v) is 12.0. The van der Waals surface area contributed by atoms with Gasteiger partial charge in [-0.3, -0.25) is 0 Å². The monoisotopic (exact) mass is 278 g/mol. The minimum absolute atomic E-state index is 0.00653. The molecule has 5 heteroatoms. The van der Waals surface area contributed by atoms with E-state index in [1.807, 2.05) is 13.0 Å². The molecule has 1 heterocycles. The van der Waals surface area contributed by atoms with Gasteiger partial charge in [0.05, 0.1) is 10.5 Å². The van der Waals surface area contributed by atoms with E-state index in [9.17, 15) is 8.42 Å². The molecule has 1 aliphatic heterocycles. The van der Waals surface area contributed by atoms with Gasteiger partial charge in [-0.05, 0) is 37.8 Å². The van der Waals surface area contributed by atoms with Crippen LogP contribution in [0.3, 0.4) is 0 Å². The van der Waals surface area contributed by atoms with E-state index >= 15 is 0 Å². The predicted octanol–water partition coefficient (Wildman–Crippen LogP) is 2.37. The Morgan fingerprint density at radius 2 is 1.95 bits per heavy atom. The molecule has 0 bridgehead atoms. The lowest BCUT2D eigenvalue weighted by Gasteiger charge is -2.35. The van der Waals surface area contributed by atoms with Gasteiger partial charge < -0.3 is 0 Å². The Hall–Kier alpha value is -1.38. The Bertz CT molecular complexity index is 604. The normalized spacial score (nSPS) is 24.9. The second kappa shape index (κ2) is 5.32. The first-order valence-corrected chi connectivity index (χ1v) is 7.91. The third-order valence-corrected chi connectivity index (χ3v) is 5.69. The summed E-state index contributed by atoms with van der Waals surface area (Å²) in [5, 5.41) is 9.07. The maximum Gasteiger partial charge on any atom is 0.244 e. The van der Waals surface area contributed by atoms with Crippen molar-refractivity contribution >= 4 is 10.0 Å². The summed E-state index contributed by atoms with van der Waals surface area (Å²) < 4.78 is 26.9. The summed E-state index contributed by atoms with van der Waals surface area (Å²) in [6.07, 6.45) is 1.92. The van der Waals surface area contributed by atoms with E-state index in [1.165, 1.54) is 10.4 Å². The molecular formula is C14H18N2O2S. The van der Waals surface area contributed by atoms with Crippen LogP contribution in [0, 0.1) is 17.2 Å². The minimum atomic E-state index is -3.58. The number of hydrogen-bond donors (Lipinski definition) is 0. The lowest BCUT2D eigenvalue weighted by atomic mass is 9.97. The van der Waals surface area contributed by atoms with Crippen LogP contribution in [-0.2, 0) is 10.0 Å². The smallest absolute Gasteiger partial charge is 0.207 e. The highest BCUT2D eigenvalue weighted by atomic mass is 32.2. The Labute approximate surface area is 114 Å². The third-order valence-electron chi connectivity index (χ3n) is 3.65. The maximum absolute atomic E-state index is 12.7. The molecule has 0 aromatic heterocycles. The largest absolute Gasteiger partial charge is 0.244 e. The molecule has 0 aliphatic carbocycles. The van der Waals surface area contributed by atoms with Crippen LogP contribution in [0.5, 0.6) is 0 Å². The molecule has 2 rings (SSSR count). The number of benzene rings is 1. The molecule has 1 aliphatic rings. The summed E-state index contributed by atoms with van der Waals surface area (Å²) in [6, 6.07) is 8.35. The molecule has 2 unspecified atom stereocenters. The summed E-state index contributed by atoms with van der Waals surface area (Å²) in [7, 11) is -3.58. The topological polar surface area (TPSA) is 61.2 Å². The number of nitriles is 1. The molecule has 102 valence electrons. The predicted molar refractivity (Wildman–Crippen MR) is 72.9 cm³/mol. The van der Waals surface area contributed by atoms with Crippen molar-refractivity contribution in [2.45, 2.75) is 37.6 Å². The van der Waals surface area contributed by atoms with Gasteiger partial charge in [0, 0.05) is 12.6 Å². The Balaban J connectivity index is 2.45. The fraction of sp³-hybridized carbons (Fsp3) is 0.500. The molecule has 4 nitrogen and oxygen atoms in total. The van der Waals surface area contributed by atoms with Gasteiger partial charge >= 0.3 is 0 Å². The first-order valence-electron chi connectivity index (χ1n) is 6.47. The average Bonchev–Trinajstić information content (AvgIpc) is 2.41. The van der Waals surface area contributed by atoms with Gasteiger partial charge in [-0.2, -0.15) is 9.57 Å². The molecule has 1 aromatic rings. The van der Waals surface area contributed by atoms with Gasteiger partial charge in [0.2, 0.25) is 10.0 Å². The van der Waals surface area contributed by atoms with Crippen LogP contribution in [0.25, 0.3) is 0 Å². The maximum atomic E-state index is 12.7. The summed E-state index contributed by atoms with van der Waals surface area (Å²) in [5.74, 6) is 0.361. The fourth-order valence-corrected chi connectivity index (χ4v) is 4.42. The molecule has 1 fully saturated rings.